The molecule has 0 spiro atoms. The van der Waals surface area contributed by atoms with Crippen LogP contribution in [0.4, 0.5) is 4.39 Å². The van der Waals surface area contributed by atoms with Gasteiger partial charge in [0.2, 0.25) is 0 Å². The summed E-state index contributed by atoms with van der Waals surface area (Å²) in [7, 11) is 0. The smallest absolute Gasteiger partial charge is 0.123 e. The van der Waals surface area contributed by atoms with Crippen molar-refractivity contribution in [3.8, 4) is 0 Å². The molecular formula is C13H16FN. The number of hydrogen-bond donors (Lipinski definition) is 1. The van der Waals surface area contributed by atoms with Gasteiger partial charge < -0.3 is 5.73 Å². The molecule has 1 fully saturated rings. The highest BCUT2D eigenvalue weighted by Gasteiger charge is 2.36. The minimum atomic E-state index is -0.111. The molecule has 1 aromatic rings. The van der Waals surface area contributed by atoms with Crippen LogP contribution in [0, 0.1) is 17.7 Å². The number of halogens is 1. The van der Waals surface area contributed by atoms with Crippen LogP contribution >= 0.6 is 0 Å². The molecule has 1 saturated carbocycles. The average Bonchev–Trinajstić information content (AvgIpc) is 2.44. The van der Waals surface area contributed by atoms with Gasteiger partial charge in [-0.25, -0.2) is 4.39 Å². The van der Waals surface area contributed by atoms with Crippen LogP contribution in [-0.2, 0) is 12.8 Å². The minimum absolute atomic E-state index is 0.111. The van der Waals surface area contributed by atoms with Crippen LogP contribution < -0.4 is 5.73 Å². The van der Waals surface area contributed by atoms with Gasteiger partial charge in [-0.2, -0.15) is 0 Å². The topological polar surface area (TPSA) is 26.0 Å². The third-order valence-electron chi connectivity index (χ3n) is 4.13. The first-order chi connectivity index (χ1) is 7.24. The van der Waals surface area contributed by atoms with Crippen LogP contribution in [0.25, 0.3) is 0 Å². The van der Waals surface area contributed by atoms with E-state index in [0.29, 0.717) is 17.9 Å². The van der Waals surface area contributed by atoms with Crippen molar-refractivity contribution >= 4 is 0 Å². The van der Waals surface area contributed by atoms with Crippen molar-refractivity contribution in [2.24, 2.45) is 17.6 Å². The molecule has 3 rings (SSSR count). The zero-order chi connectivity index (χ0) is 10.4. The van der Waals surface area contributed by atoms with Gasteiger partial charge in [0.25, 0.3) is 0 Å². The molecule has 1 nitrogen and oxygen atoms in total. The van der Waals surface area contributed by atoms with Crippen LogP contribution in [0.1, 0.15) is 24.0 Å². The van der Waals surface area contributed by atoms with Gasteiger partial charge in [0, 0.05) is 6.04 Å². The van der Waals surface area contributed by atoms with Crippen molar-refractivity contribution < 1.29 is 4.39 Å². The maximum atomic E-state index is 13.1. The molecule has 2 aliphatic rings. The van der Waals surface area contributed by atoms with Crippen LogP contribution in [0.15, 0.2) is 18.2 Å². The molecule has 0 amide bonds. The first-order valence-electron chi connectivity index (χ1n) is 5.77. The fourth-order valence-electron chi connectivity index (χ4n) is 3.22. The van der Waals surface area contributed by atoms with E-state index in [-0.39, 0.29) is 5.82 Å². The second-order valence-electron chi connectivity index (χ2n) is 5.00. The predicted molar refractivity (Wildman–Crippen MR) is 58.0 cm³/mol. The van der Waals surface area contributed by atoms with E-state index in [4.69, 9.17) is 5.73 Å². The fourth-order valence-corrected chi connectivity index (χ4v) is 3.22. The molecule has 1 aromatic carbocycles. The molecule has 0 aliphatic heterocycles. The summed E-state index contributed by atoms with van der Waals surface area (Å²) in [4.78, 5) is 0. The quantitative estimate of drug-likeness (QED) is 0.691. The summed E-state index contributed by atoms with van der Waals surface area (Å²) in [5.74, 6) is 1.10. The second kappa shape index (κ2) is 3.31. The molecule has 0 heterocycles. The van der Waals surface area contributed by atoms with Crippen molar-refractivity contribution in [2.45, 2.75) is 31.7 Å². The third-order valence-corrected chi connectivity index (χ3v) is 4.13. The lowest BCUT2D eigenvalue weighted by molar-refractivity contribution is 0.421. The number of rotatable bonds is 0. The Labute approximate surface area is 89.5 Å². The molecule has 3 unspecified atom stereocenters. The Bertz CT molecular complexity index is 388. The molecule has 0 aromatic heterocycles. The Morgan fingerprint density at radius 2 is 1.73 bits per heavy atom. The van der Waals surface area contributed by atoms with E-state index in [1.807, 2.05) is 6.07 Å². The van der Waals surface area contributed by atoms with Crippen LogP contribution in [0.5, 0.6) is 0 Å². The predicted octanol–water partition coefficient (Wildman–Crippen LogP) is 2.28. The molecular weight excluding hydrogens is 189 g/mol. The van der Waals surface area contributed by atoms with E-state index in [1.165, 1.54) is 24.0 Å². The average molecular weight is 205 g/mol. The summed E-state index contributed by atoms with van der Waals surface area (Å²) in [6.07, 6.45) is 4.50. The standard InChI is InChI=1S/C13H16FN/c14-12-4-3-8-5-9-1-2-10(13(9)15)6-11(8)7-12/h3-4,7,9-10,13H,1-2,5-6,15H2. The van der Waals surface area contributed by atoms with Crippen molar-refractivity contribution in [1.29, 1.82) is 0 Å². The van der Waals surface area contributed by atoms with Crippen molar-refractivity contribution in [1.82, 2.24) is 0 Å². The van der Waals surface area contributed by atoms with Gasteiger partial charge in [0.05, 0.1) is 0 Å². The Morgan fingerprint density at radius 1 is 1.07 bits per heavy atom. The molecule has 0 radical (unpaired) electrons. The van der Waals surface area contributed by atoms with E-state index in [2.05, 4.69) is 0 Å². The SMILES string of the molecule is NC1C2CCC1Cc1cc(F)ccc1C2. The van der Waals surface area contributed by atoms with Crippen LogP contribution in [-0.4, -0.2) is 6.04 Å². The van der Waals surface area contributed by atoms with Gasteiger partial charge in [-0.1, -0.05) is 6.07 Å². The second-order valence-corrected chi connectivity index (χ2v) is 5.00. The van der Waals surface area contributed by atoms with E-state index in [9.17, 15) is 4.39 Å². The lowest BCUT2D eigenvalue weighted by Gasteiger charge is -2.15. The summed E-state index contributed by atoms with van der Waals surface area (Å²) < 4.78 is 13.1. The molecule has 15 heavy (non-hydrogen) atoms. The van der Waals surface area contributed by atoms with Gasteiger partial charge in [-0.15, -0.1) is 0 Å². The van der Waals surface area contributed by atoms with Crippen molar-refractivity contribution in [2.75, 3.05) is 0 Å². The molecule has 2 N–H and O–H groups in total. The summed E-state index contributed by atoms with van der Waals surface area (Å²) in [6.45, 7) is 0. The molecule has 2 heteroatoms. The van der Waals surface area contributed by atoms with Gasteiger partial charge in [-0.3, -0.25) is 0 Å². The van der Waals surface area contributed by atoms with Gasteiger partial charge in [0.1, 0.15) is 5.82 Å². The Hall–Kier alpha value is -0.890. The van der Waals surface area contributed by atoms with Gasteiger partial charge >= 0.3 is 0 Å². The molecule has 2 aliphatic carbocycles. The monoisotopic (exact) mass is 205 g/mol. The van der Waals surface area contributed by atoms with Gasteiger partial charge in [0.15, 0.2) is 0 Å². The first-order valence-corrected chi connectivity index (χ1v) is 5.77. The number of hydrogen-bond acceptors (Lipinski definition) is 1. The van der Waals surface area contributed by atoms with Crippen LogP contribution in [0.3, 0.4) is 0 Å². The maximum absolute atomic E-state index is 13.1. The fraction of sp³-hybridized carbons (Fsp3) is 0.538. The van der Waals surface area contributed by atoms with E-state index in [1.54, 1.807) is 12.1 Å². The van der Waals surface area contributed by atoms with Crippen LogP contribution in [0.2, 0.25) is 0 Å². The lowest BCUT2D eigenvalue weighted by Crippen LogP contribution is -2.31. The third kappa shape index (κ3) is 1.48. The van der Waals surface area contributed by atoms with Crippen molar-refractivity contribution in [3.05, 3.63) is 35.1 Å². The lowest BCUT2D eigenvalue weighted by atomic mass is 9.93. The molecule has 3 atom stereocenters. The molecule has 2 bridgehead atoms. The Balaban J connectivity index is 2.02. The highest BCUT2D eigenvalue weighted by Crippen LogP contribution is 2.38. The van der Waals surface area contributed by atoms with E-state index < -0.39 is 0 Å². The number of nitrogens with two attached hydrogens (primary N) is 1. The zero-order valence-electron chi connectivity index (χ0n) is 8.75. The summed E-state index contributed by atoms with van der Waals surface area (Å²) in [5, 5.41) is 0. The summed E-state index contributed by atoms with van der Waals surface area (Å²) >= 11 is 0. The Kier molecular flexibility index (Phi) is 2.06. The minimum Gasteiger partial charge on any atom is -0.327 e. The Morgan fingerprint density at radius 3 is 2.47 bits per heavy atom. The highest BCUT2D eigenvalue weighted by molar-refractivity contribution is 5.31. The van der Waals surface area contributed by atoms with Gasteiger partial charge in [-0.05, 0) is 60.8 Å². The summed E-state index contributed by atoms with van der Waals surface area (Å²) in [6, 6.07) is 5.55. The van der Waals surface area contributed by atoms with Crippen molar-refractivity contribution in [3.63, 3.8) is 0 Å². The molecule has 0 saturated heterocycles. The zero-order valence-corrected chi connectivity index (χ0v) is 8.75. The normalized spacial score (nSPS) is 33.6. The molecule has 80 valence electrons. The maximum Gasteiger partial charge on any atom is 0.123 e. The first kappa shape index (κ1) is 9.34. The summed E-state index contributed by atoms with van der Waals surface area (Å²) in [5.41, 5.74) is 8.72. The largest absolute Gasteiger partial charge is 0.327 e. The highest BCUT2D eigenvalue weighted by atomic mass is 19.1. The van der Waals surface area contributed by atoms with E-state index in [0.717, 1.165) is 12.8 Å². The number of benzene rings is 1. The number of fused-ring (bicyclic) bond motifs is 3. The van der Waals surface area contributed by atoms with E-state index >= 15 is 0 Å².